The van der Waals surface area contributed by atoms with E-state index in [9.17, 15) is 5.26 Å². The lowest BCUT2D eigenvalue weighted by Crippen LogP contribution is -1.81. The Hall–Kier alpha value is -1.93. The van der Waals surface area contributed by atoms with E-state index in [1.54, 1.807) is 18.2 Å². The van der Waals surface area contributed by atoms with Crippen molar-refractivity contribution < 1.29 is 4.42 Å². The van der Waals surface area contributed by atoms with Gasteiger partial charge < -0.3 is 4.42 Å². The summed E-state index contributed by atoms with van der Waals surface area (Å²) >= 11 is 11.1. The monoisotopic (exact) mass is 429 g/mol. The molecule has 2 nitrogen and oxygen atoms in total. The SMILES string of the molecule is Cc1ccc(Sc2oc(C=C(C#N)c3cccc(Cl)c3)cc2Br)cc1. The summed E-state index contributed by atoms with van der Waals surface area (Å²) in [7, 11) is 0. The van der Waals surface area contributed by atoms with E-state index >= 15 is 0 Å². The molecule has 124 valence electrons. The third-order valence-electron chi connectivity index (χ3n) is 3.45. The van der Waals surface area contributed by atoms with Crippen LogP contribution in [-0.2, 0) is 0 Å². The van der Waals surface area contributed by atoms with Gasteiger partial charge in [-0.05, 0) is 64.8 Å². The Balaban J connectivity index is 1.88. The Morgan fingerprint density at radius 3 is 2.64 bits per heavy atom. The fourth-order valence-corrected chi connectivity index (χ4v) is 3.72. The van der Waals surface area contributed by atoms with Crippen molar-refractivity contribution in [3.8, 4) is 6.07 Å². The minimum absolute atomic E-state index is 0.496. The van der Waals surface area contributed by atoms with Crippen LogP contribution in [0.1, 0.15) is 16.9 Å². The fourth-order valence-electron chi connectivity index (χ4n) is 2.20. The zero-order chi connectivity index (χ0) is 17.8. The molecule has 0 aliphatic carbocycles. The van der Waals surface area contributed by atoms with Gasteiger partial charge in [0.15, 0.2) is 5.09 Å². The Kier molecular flexibility index (Phi) is 5.70. The lowest BCUT2D eigenvalue weighted by atomic mass is 10.1. The van der Waals surface area contributed by atoms with Crippen LogP contribution < -0.4 is 0 Å². The second-order valence-electron chi connectivity index (χ2n) is 5.38. The molecule has 0 bridgehead atoms. The van der Waals surface area contributed by atoms with Crippen molar-refractivity contribution in [1.29, 1.82) is 5.26 Å². The highest BCUT2D eigenvalue weighted by atomic mass is 79.9. The average Bonchev–Trinajstić information content (AvgIpc) is 2.94. The average molecular weight is 431 g/mol. The number of furan rings is 1. The van der Waals surface area contributed by atoms with Crippen LogP contribution in [0.25, 0.3) is 11.6 Å². The van der Waals surface area contributed by atoms with Crippen LogP contribution in [0.5, 0.6) is 0 Å². The molecule has 3 rings (SSSR count). The zero-order valence-electron chi connectivity index (χ0n) is 13.3. The van der Waals surface area contributed by atoms with Crippen LogP contribution in [0, 0.1) is 18.3 Å². The number of benzene rings is 2. The van der Waals surface area contributed by atoms with E-state index in [0.29, 0.717) is 16.4 Å². The predicted molar refractivity (Wildman–Crippen MR) is 107 cm³/mol. The number of hydrogen-bond donors (Lipinski definition) is 0. The molecule has 0 atom stereocenters. The first-order valence-electron chi connectivity index (χ1n) is 7.47. The molecule has 0 saturated heterocycles. The van der Waals surface area contributed by atoms with Crippen molar-refractivity contribution in [3.05, 3.63) is 81.0 Å². The van der Waals surface area contributed by atoms with Crippen LogP contribution in [0.2, 0.25) is 5.02 Å². The van der Waals surface area contributed by atoms with Gasteiger partial charge in [-0.15, -0.1) is 0 Å². The van der Waals surface area contributed by atoms with Gasteiger partial charge in [-0.25, -0.2) is 0 Å². The summed E-state index contributed by atoms with van der Waals surface area (Å²) in [5.74, 6) is 0.609. The maximum Gasteiger partial charge on any atom is 0.179 e. The molecule has 1 heterocycles. The summed E-state index contributed by atoms with van der Waals surface area (Å²) < 4.78 is 6.74. The maximum atomic E-state index is 9.45. The van der Waals surface area contributed by atoms with E-state index in [1.165, 1.54) is 17.3 Å². The van der Waals surface area contributed by atoms with E-state index < -0.39 is 0 Å². The molecule has 0 aliphatic rings. The molecule has 2 aromatic carbocycles. The molecule has 0 saturated carbocycles. The summed E-state index contributed by atoms with van der Waals surface area (Å²) in [4.78, 5) is 1.09. The molecular formula is C20H13BrClNOS. The largest absolute Gasteiger partial charge is 0.449 e. The Bertz CT molecular complexity index is 970. The Morgan fingerprint density at radius 2 is 1.96 bits per heavy atom. The molecule has 0 N–H and O–H groups in total. The van der Waals surface area contributed by atoms with Gasteiger partial charge in [0.25, 0.3) is 0 Å². The van der Waals surface area contributed by atoms with E-state index in [0.717, 1.165) is 20.0 Å². The van der Waals surface area contributed by atoms with Crippen molar-refractivity contribution in [2.75, 3.05) is 0 Å². The quantitative estimate of drug-likeness (QED) is 0.410. The highest BCUT2D eigenvalue weighted by Gasteiger charge is 2.11. The predicted octanol–water partition coefficient (Wildman–Crippen LogP) is 7.22. The molecule has 0 amide bonds. The highest BCUT2D eigenvalue weighted by molar-refractivity contribution is 9.10. The van der Waals surface area contributed by atoms with Gasteiger partial charge >= 0.3 is 0 Å². The number of aryl methyl sites for hydroxylation is 1. The van der Waals surface area contributed by atoms with E-state index in [-0.39, 0.29) is 0 Å². The van der Waals surface area contributed by atoms with E-state index in [1.807, 2.05) is 18.2 Å². The zero-order valence-corrected chi connectivity index (χ0v) is 16.5. The standard InChI is InChI=1S/C20H13BrClNOS/c1-13-5-7-18(8-6-13)25-20-19(21)11-17(24-20)10-15(12-23)14-3-2-4-16(22)9-14/h2-11H,1H3. The molecule has 25 heavy (non-hydrogen) atoms. The molecule has 0 spiro atoms. The summed E-state index contributed by atoms with van der Waals surface area (Å²) in [6.45, 7) is 2.05. The number of nitriles is 1. The van der Waals surface area contributed by atoms with Gasteiger partial charge in [0.05, 0.1) is 16.1 Å². The second-order valence-corrected chi connectivity index (χ2v) is 7.72. The third kappa shape index (κ3) is 4.58. The number of hydrogen-bond acceptors (Lipinski definition) is 3. The summed E-state index contributed by atoms with van der Waals surface area (Å²) in [5, 5.41) is 10.8. The first kappa shape index (κ1) is 17.9. The van der Waals surface area contributed by atoms with Crippen molar-refractivity contribution in [2.24, 2.45) is 0 Å². The minimum Gasteiger partial charge on any atom is -0.449 e. The fraction of sp³-hybridized carbons (Fsp3) is 0.0500. The topological polar surface area (TPSA) is 36.9 Å². The number of nitrogens with zero attached hydrogens (tertiary/aromatic N) is 1. The van der Waals surface area contributed by atoms with Crippen LogP contribution in [0.4, 0.5) is 0 Å². The van der Waals surface area contributed by atoms with Gasteiger partial charge in [0.2, 0.25) is 0 Å². The van der Waals surface area contributed by atoms with Crippen LogP contribution in [-0.4, -0.2) is 0 Å². The molecule has 5 heteroatoms. The van der Waals surface area contributed by atoms with Gasteiger partial charge in [0.1, 0.15) is 5.76 Å². The molecule has 0 aliphatic heterocycles. The Labute approximate surface area is 164 Å². The summed E-state index contributed by atoms with van der Waals surface area (Å²) in [5.41, 5.74) is 2.47. The molecule has 0 unspecified atom stereocenters. The lowest BCUT2D eigenvalue weighted by molar-refractivity contribution is 0.463. The normalized spacial score (nSPS) is 11.4. The van der Waals surface area contributed by atoms with Crippen LogP contribution >= 0.6 is 39.3 Å². The van der Waals surface area contributed by atoms with Gasteiger partial charge in [-0.3, -0.25) is 0 Å². The number of allylic oxidation sites excluding steroid dienone is 1. The molecule has 1 aromatic heterocycles. The van der Waals surface area contributed by atoms with Crippen LogP contribution in [0.3, 0.4) is 0 Å². The molecule has 3 aromatic rings. The minimum atomic E-state index is 0.496. The van der Waals surface area contributed by atoms with E-state index in [2.05, 4.69) is 53.2 Å². The second kappa shape index (κ2) is 7.97. The number of halogens is 2. The van der Waals surface area contributed by atoms with Gasteiger partial charge in [-0.2, -0.15) is 5.26 Å². The van der Waals surface area contributed by atoms with Crippen LogP contribution in [0.15, 0.2) is 73.5 Å². The smallest absolute Gasteiger partial charge is 0.179 e. The van der Waals surface area contributed by atoms with Crippen molar-refractivity contribution in [2.45, 2.75) is 16.9 Å². The highest BCUT2D eigenvalue weighted by Crippen LogP contribution is 2.37. The first-order valence-corrected chi connectivity index (χ1v) is 9.45. The summed E-state index contributed by atoms with van der Waals surface area (Å²) in [6, 6.07) is 19.5. The third-order valence-corrected chi connectivity index (χ3v) is 5.53. The lowest BCUT2D eigenvalue weighted by Gasteiger charge is -2.00. The number of rotatable bonds is 4. The van der Waals surface area contributed by atoms with E-state index in [4.69, 9.17) is 16.0 Å². The van der Waals surface area contributed by atoms with Gasteiger partial charge in [-0.1, -0.05) is 53.2 Å². The van der Waals surface area contributed by atoms with Gasteiger partial charge in [0, 0.05) is 9.92 Å². The molecule has 0 radical (unpaired) electrons. The van der Waals surface area contributed by atoms with Crippen molar-refractivity contribution in [3.63, 3.8) is 0 Å². The Morgan fingerprint density at radius 1 is 1.20 bits per heavy atom. The maximum absolute atomic E-state index is 9.45. The van der Waals surface area contributed by atoms with Crippen molar-refractivity contribution in [1.82, 2.24) is 0 Å². The molecule has 0 fully saturated rings. The molecular weight excluding hydrogens is 418 g/mol. The summed E-state index contributed by atoms with van der Waals surface area (Å²) in [6.07, 6.45) is 1.72. The van der Waals surface area contributed by atoms with Crippen molar-refractivity contribution >= 4 is 50.9 Å². The first-order chi connectivity index (χ1) is 12.0.